The van der Waals surface area contributed by atoms with Crippen LogP contribution in [0, 0.1) is 10.1 Å². The highest BCUT2D eigenvalue weighted by atomic mass is 79.9. The van der Waals surface area contributed by atoms with Crippen molar-refractivity contribution < 1.29 is 14.9 Å². The van der Waals surface area contributed by atoms with Crippen LogP contribution in [-0.4, -0.2) is 10.1 Å². The van der Waals surface area contributed by atoms with Gasteiger partial charge in [0.2, 0.25) is 0 Å². The quantitative estimate of drug-likeness (QED) is 0.373. The molecule has 5 nitrogen and oxygen atoms in total. The van der Waals surface area contributed by atoms with Gasteiger partial charge in [-0.25, -0.2) is 0 Å². The lowest BCUT2D eigenvalue weighted by molar-refractivity contribution is -0.885. The van der Waals surface area contributed by atoms with Gasteiger partial charge in [-0.05, 0) is 12.1 Å². The predicted octanol–water partition coefficient (Wildman–Crippen LogP) is 2.04. The van der Waals surface area contributed by atoms with E-state index in [1.807, 2.05) is 0 Å². The summed E-state index contributed by atoms with van der Waals surface area (Å²) in [4.78, 5) is 10.0. The zero-order valence-corrected chi connectivity index (χ0v) is 9.01. The number of rotatable bonds is 1. The summed E-state index contributed by atoms with van der Waals surface area (Å²) in [6.07, 6.45) is 1.07. The van der Waals surface area contributed by atoms with E-state index in [0.29, 0.717) is 10.9 Å². The molecule has 0 unspecified atom stereocenters. The molecule has 1 heterocycles. The van der Waals surface area contributed by atoms with E-state index in [9.17, 15) is 15.3 Å². The number of fused-ring (bicyclic) bond motifs is 1. The first-order valence-corrected chi connectivity index (χ1v) is 4.86. The number of benzene rings is 1. The molecule has 1 N–H and O–H groups in total. The maximum Gasteiger partial charge on any atom is 0.338 e. The van der Waals surface area contributed by atoms with Crippen molar-refractivity contribution in [3.8, 4) is 0 Å². The van der Waals surface area contributed by atoms with E-state index in [1.54, 1.807) is 18.2 Å². The van der Waals surface area contributed by atoms with E-state index < -0.39 is 4.92 Å². The van der Waals surface area contributed by atoms with Gasteiger partial charge < -0.3 is 0 Å². The monoisotopic (exact) mass is 269 g/mol. The topological polar surface area (TPSA) is 67.2 Å². The molecule has 76 valence electrons. The number of aromatic nitrogens is 1. The summed E-state index contributed by atoms with van der Waals surface area (Å²) in [6.45, 7) is 0. The maximum absolute atomic E-state index is 10.6. The fourth-order valence-electron chi connectivity index (χ4n) is 1.34. The summed E-state index contributed by atoms with van der Waals surface area (Å²) in [6, 6.07) is 6.53. The highest BCUT2D eigenvalue weighted by Gasteiger charge is 2.17. The fourth-order valence-corrected chi connectivity index (χ4v) is 1.72. The van der Waals surface area contributed by atoms with E-state index >= 15 is 0 Å². The Kier molecular flexibility index (Phi) is 2.28. The second-order valence-electron chi connectivity index (χ2n) is 3.00. The van der Waals surface area contributed by atoms with E-state index in [0.717, 1.165) is 15.4 Å². The van der Waals surface area contributed by atoms with E-state index in [-0.39, 0.29) is 5.69 Å². The molecule has 0 radical (unpaired) electrons. The maximum atomic E-state index is 10.6. The van der Waals surface area contributed by atoms with Gasteiger partial charge in [-0.1, -0.05) is 15.9 Å². The smallest absolute Gasteiger partial charge is 0.284 e. The summed E-state index contributed by atoms with van der Waals surface area (Å²) in [5, 5.41) is 20.6. The third kappa shape index (κ3) is 1.75. The Hall–Kier alpha value is -1.69. The van der Waals surface area contributed by atoms with Crippen LogP contribution in [-0.2, 0) is 0 Å². The average Bonchev–Trinajstić information content (AvgIpc) is 2.16. The molecule has 0 fully saturated rings. The SMILES string of the molecule is O=[N+]([O-])c1cc2cc(Br)ccc2[n+](O)c1. The van der Waals surface area contributed by atoms with Gasteiger partial charge in [-0.3, -0.25) is 15.3 Å². The molecule has 0 amide bonds. The van der Waals surface area contributed by atoms with Crippen LogP contribution in [0.4, 0.5) is 5.69 Å². The van der Waals surface area contributed by atoms with Crippen LogP contribution in [0.5, 0.6) is 0 Å². The first-order valence-electron chi connectivity index (χ1n) is 4.06. The molecular weight excluding hydrogens is 264 g/mol. The van der Waals surface area contributed by atoms with E-state index in [4.69, 9.17) is 0 Å². The summed E-state index contributed by atoms with van der Waals surface area (Å²) in [5.41, 5.74) is 0.368. The Bertz CT molecular complexity index is 556. The lowest BCUT2D eigenvalue weighted by Gasteiger charge is -1.95. The number of pyridine rings is 1. The van der Waals surface area contributed by atoms with Crippen molar-refractivity contribution in [1.82, 2.24) is 0 Å². The zero-order valence-electron chi connectivity index (χ0n) is 7.42. The number of hydrogen-bond acceptors (Lipinski definition) is 3. The number of halogens is 1. The lowest BCUT2D eigenvalue weighted by atomic mass is 10.2. The summed E-state index contributed by atoms with van der Waals surface area (Å²) >= 11 is 3.26. The Morgan fingerprint density at radius 3 is 2.80 bits per heavy atom. The predicted molar refractivity (Wildman–Crippen MR) is 55.7 cm³/mol. The Morgan fingerprint density at radius 1 is 1.40 bits per heavy atom. The van der Waals surface area contributed by atoms with Crippen molar-refractivity contribution in [3.63, 3.8) is 0 Å². The zero-order chi connectivity index (χ0) is 11.0. The second-order valence-corrected chi connectivity index (χ2v) is 3.92. The molecule has 15 heavy (non-hydrogen) atoms. The standard InChI is InChI=1S/C9H6BrN2O3/c10-7-1-2-9-6(3-7)4-8(12(14)15)5-11(9)13/h1-5,13H/q+1. The largest absolute Gasteiger partial charge is 0.338 e. The average molecular weight is 270 g/mol. The molecule has 1 aromatic heterocycles. The molecule has 1 aromatic carbocycles. The highest BCUT2D eigenvalue weighted by Crippen LogP contribution is 2.20. The molecule has 6 heteroatoms. The minimum absolute atomic E-state index is 0.150. The summed E-state index contributed by atoms with van der Waals surface area (Å²) in [7, 11) is 0. The van der Waals surface area contributed by atoms with Crippen LogP contribution in [0.15, 0.2) is 34.9 Å². The van der Waals surface area contributed by atoms with E-state index in [2.05, 4.69) is 15.9 Å². The Morgan fingerprint density at radius 2 is 2.13 bits per heavy atom. The molecule has 0 aliphatic carbocycles. The Balaban J connectivity index is 2.79. The molecular formula is C9H6BrN2O3+. The third-order valence-corrected chi connectivity index (χ3v) is 2.50. The minimum Gasteiger partial charge on any atom is -0.284 e. The molecule has 0 bridgehead atoms. The van der Waals surface area contributed by atoms with Crippen molar-refractivity contribution in [3.05, 3.63) is 45.0 Å². The normalized spacial score (nSPS) is 10.5. The van der Waals surface area contributed by atoms with Gasteiger partial charge in [-0.15, -0.1) is 0 Å². The van der Waals surface area contributed by atoms with Crippen LogP contribution in [0.25, 0.3) is 10.9 Å². The molecule has 2 rings (SSSR count). The molecule has 0 saturated carbocycles. The third-order valence-electron chi connectivity index (χ3n) is 2.01. The first-order chi connectivity index (χ1) is 7.08. The van der Waals surface area contributed by atoms with Crippen molar-refractivity contribution in [2.45, 2.75) is 0 Å². The van der Waals surface area contributed by atoms with Crippen molar-refractivity contribution in [2.24, 2.45) is 0 Å². The van der Waals surface area contributed by atoms with Crippen molar-refractivity contribution in [1.29, 1.82) is 0 Å². The van der Waals surface area contributed by atoms with E-state index in [1.165, 1.54) is 6.07 Å². The molecule has 0 spiro atoms. The molecule has 0 atom stereocenters. The van der Waals surface area contributed by atoms with Crippen LogP contribution < -0.4 is 4.73 Å². The van der Waals surface area contributed by atoms with Gasteiger partial charge in [0.15, 0.2) is 0 Å². The van der Waals surface area contributed by atoms with Crippen LogP contribution >= 0.6 is 15.9 Å². The molecule has 0 aliphatic rings. The van der Waals surface area contributed by atoms with Gasteiger partial charge in [0, 0.05) is 21.3 Å². The van der Waals surface area contributed by atoms with Gasteiger partial charge in [0.25, 0.3) is 11.7 Å². The molecule has 0 aliphatic heterocycles. The summed E-state index contributed by atoms with van der Waals surface area (Å²) in [5.74, 6) is 0. The van der Waals surface area contributed by atoms with Crippen LogP contribution in [0.2, 0.25) is 0 Å². The molecule has 2 aromatic rings. The van der Waals surface area contributed by atoms with Crippen LogP contribution in [0.1, 0.15) is 0 Å². The van der Waals surface area contributed by atoms with Crippen molar-refractivity contribution in [2.75, 3.05) is 0 Å². The molecule has 0 saturated heterocycles. The fraction of sp³-hybridized carbons (Fsp3) is 0. The van der Waals surface area contributed by atoms with Crippen LogP contribution in [0.3, 0.4) is 0 Å². The number of nitrogens with zero attached hydrogens (tertiary/aromatic N) is 2. The summed E-state index contributed by atoms with van der Waals surface area (Å²) < 4.78 is 1.55. The highest BCUT2D eigenvalue weighted by molar-refractivity contribution is 9.10. The van der Waals surface area contributed by atoms with Crippen molar-refractivity contribution >= 4 is 32.5 Å². The van der Waals surface area contributed by atoms with Gasteiger partial charge in [0.1, 0.15) is 0 Å². The van der Waals surface area contributed by atoms with Gasteiger partial charge in [-0.2, -0.15) is 0 Å². The van der Waals surface area contributed by atoms with Gasteiger partial charge in [0.05, 0.1) is 10.3 Å². The van der Waals surface area contributed by atoms with Gasteiger partial charge >= 0.3 is 5.69 Å². The minimum atomic E-state index is -0.549. The second kappa shape index (κ2) is 3.47. The Labute approximate surface area is 92.8 Å². The number of nitro groups is 1. The first kappa shape index (κ1) is 9.85. The number of hydrogen-bond donors (Lipinski definition) is 1. The lowest BCUT2D eigenvalue weighted by Crippen LogP contribution is -2.30.